The molecule has 1 amide bonds. The molecule has 1 saturated heterocycles. The number of aryl methyl sites for hydroxylation is 1. The molecule has 0 saturated carbocycles. The lowest BCUT2D eigenvalue weighted by atomic mass is 10.2. The van der Waals surface area contributed by atoms with E-state index in [2.05, 4.69) is 0 Å². The predicted molar refractivity (Wildman–Crippen MR) is 67.2 cm³/mol. The molecule has 2 heterocycles. The highest BCUT2D eigenvalue weighted by molar-refractivity contribution is 7.91. The second kappa shape index (κ2) is 4.76. The molecule has 1 aliphatic heterocycles. The minimum atomic E-state index is -2.98. The van der Waals surface area contributed by atoms with Gasteiger partial charge in [0.2, 0.25) is 0 Å². The Morgan fingerprint density at radius 1 is 1.50 bits per heavy atom. The van der Waals surface area contributed by atoms with Crippen LogP contribution in [0.15, 0.2) is 16.5 Å². The summed E-state index contributed by atoms with van der Waals surface area (Å²) in [7, 11) is -1.35. The average molecular weight is 271 g/mol. The summed E-state index contributed by atoms with van der Waals surface area (Å²) in [6, 6.07) is 3.17. The second-order valence-corrected chi connectivity index (χ2v) is 6.82. The van der Waals surface area contributed by atoms with E-state index in [9.17, 15) is 13.2 Å². The van der Waals surface area contributed by atoms with Crippen LogP contribution < -0.4 is 0 Å². The van der Waals surface area contributed by atoms with E-state index in [4.69, 9.17) is 4.42 Å². The molecule has 0 aromatic carbocycles. The van der Waals surface area contributed by atoms with E-state index in [-0.39, 0.29) is 29.2 Å². The highest BCUT2D eigenvalue weighted by Gasteiger charge is 2.33. The number of nitrogens with zero attached hydrogens (tertiary/aromatic N) is 1. The fourth-order valence-electron chi connectivity index (χ4n) is 2.10. The van der Waals surface area contributed by atoms with Crippen molar-refractivity contribution in [1.82, 2.24) is 4.90 Å². The van der Waals surface area contributed by atoms with Gasteiger partial charge in [-0.25, -0.2) is 8.42 Å². The highest BCUT2D eigenvalue weighted by Crippen LogP contribution is 2.19. The summed E-state index contributed by atoms with van der Waals surface area (Å²) in [5.74, 6) is 0.991. The number of sulfone groups is 1. The maximum atomic E-state index is 12.1. The quantitative estimate of drug-likeness (QED) is 0.825. The van der Waals surface area contributed by atoms with Crippen molar-refractivity contribution >= 4 is 15.7 Å². The van der Waals surface area contributed by atoms with Crippen molar-refractivity contribution in [2.24, 2.45) is 0 Å². The van der Waals surface area contributed by atoms with Crippen LogP contribution in [0.4, 0.5) is 0 Å². The zero-order chi connectivity index (χ0) is 13.3. The summed E-state index contributed by atoms with van der Waals surface area (Å²) in [6.45, 7) is 1.94. The van der Waals surface area contributed by atoms with Gasteiger partial charge in [0.15, 0.2) is 15.6 Å². The minimum absolute atomic E-state index is 0.0522. The summed E-state index contributed by atoms with van der Waals surface area (Å²) >= 11 is 0. The van der Waals surface area contributed by atoms with Crippen molar-refractivity contribution in [3.63, 3.8) is 0 Å². The maximum absolute atomic E-state index is 12.1. The van der Waals surface area contributed by atoms with E-state index in [1.54, 1.807) is 19.2 Å². The van der Waals surface area contributed by atoms with Crippen LogP contribution in [0.25, 0.3) is 0 Å². The fourth-order valence-corrected chi connectivity index (χ4v) is 3.88. The van der Waals surface area contributed by atoms with Crippen LogP contribution >= 0.6 is 0 Å². The monoisotopic (exact) mass is 271 g/mol. The van der Waals surface area contributed by atoms with Gasteiger partial charge in [-0.05, 0) is 18.6 Å². The molecule has 0 radical (unpaired) electrons. The van der Waals surface area contributed by atoms with E-state index < -0.39 is 9.84 Å². The minimum Gasteiger partial charge on any atom is -0.456 e. The predicted octanol–water partition coefficient (Wildman–Crippen LogP) is 1.10. The van der Waals surface area contributed by atoms with Crippen molar-refractivity contribution in [3.8, 4) is 0 Å². The van der Waals surface area contributed by atoms with Crippen molar-refractivity contribution < 1.29 is 17.6 Å². The SMILES string of the molecule is CCc1ccc(C(=O)N(C)[C@H]2CCS(=O)(=O)C2)o1. The van der Waals surface area contributed by atoms with Crippen molar-refractivity contribution in [3.05, 3.63) is 23.7 Å². The van der Waals surface area contributed by atoms with Crippen LogP contribution in [0.2, 0.25) is 0 Å². The third-order valence-electron chi connectivity index (χ3n) is 3.30. The van der Waals surface area contributed by atoms with Gasteiger partial charge in [0, 0.05) is 19.5 Å². The molecule has 18 heavy (non-hydrogen) atoms. The van der Waals surface area contributed by atoms with E-state index in [1.807, 2.05) is 6.92 Å². The molecule has 6 heteroatoms. The van der Waals surface area contributed by atoms with Gasteiger partial charge in [0.25, 0.3) is 5.91 Å². The van der Waals surface area contributed by atoms with E-state index in [0.29, 0.717) is 6.42 Å². The molecular weight excluding hydrogens is 254 g/mol. The Kier molecular flexibility index (Phi) is 3.47. The standard InChI is InChI=1S/C12H17NO4S/c1-3-10-4-5-11(17-10)12(14)13(2)9-6-7-18(15,16)8-9/h4-5,9H,3,6-8H2,1-2H3/t9-/m0/s1. The molecule has 0 bridgehead atoms. The van der Waals surface area contributed by atoms with Crippen molar-refractivity contribution in [2.75, 3.05) is 18.6 Å². The van der Waals surface area contributed by atoms with Gasteiger partial charge in [-0.1, -0.05) is 6.92 Å². The van der Waals surface area contributed by atoms with Crippen LogP contribution in [-0.2, 0) is 16.3 Å². The molecule has 2 rings (SSSR count). The normalized spacial score (nSPS) is 22.0. The molecular formula is C12H17NO4S. The Morgan fingerprint density at radius 3 is 2.72 bits per heavy atom. The lowest BCUT2D eigenvalue weighted by Crippen LogP contribution is -2.37. The van der Waals surface area contributed by atoms with E-state index >= 15 is 0 Å². The molecule has 0 aliphatic carbocycles. The topological polar surface area (TPSA) is 67.6 Å². The molecule has 1 atom stereocenters. The molecule has 1 aliphatic rings. The van der Waals surface area contributed by atoms with Gasteiger partial charge < -0.3 is 9.32 Å². The number of hydrogen-bond donors (Lipinski definition) is 0. The maximum Gasteiger partial charge on any atom is 0.289 e. The molecule has 5 nitrogen and oxygen atoms in total. The van der Waals surface area contributed by atoms with Crippen LogP contribution in [-0.4, -0.2) is 43.8 Å². The van der Waals surface area contributed by atoms with Crippen LogP contribution in [0.1, 0.15) is 29.7 Å². The lowest BCUT2D eigenvalue weighted by Gasteiger charge is -2.22. The Balaban J connectivity index is 2.09. The van der Waals surface area contributed by atoms with Gasteiger partial charge >= 0.3 is 0 Å². The van der Waals surface area contributed by atoms with Gasteiger partial charge in [0.05, 0.1) is 11.5 Å². The average Bonchev–Trinajstić information content (AvgIpc) is 2.93. The van der Waals surface area contributed by atoms with Gasteiger partial charge in [-0.2, -0.15) is 0 Å². The first kappa shape index (κ1) is 13.1. The van der Waals surface area contributed by atoms with E-state index in [0.717, 1.165) is 12.2 Å². The zero-order valence-electron chi connectivity index (χ0n) is 10.5. The summed E-state index contributed by atoms with van der Waals surface area (Å²) in [5.41, 5.74) is 0. The summed E-state index contributed by atoms with van der Waals surface area (Å²) in [4.78, 5) is 13.6. The van der Waals surface area contributed by atoms with Gasteiger partial charge in [0.1, 0.15) is 5.76 Å². The van der Waals surface area contributed by atoms with Crippen LogP contribution in [0.3, 0.4) is 0 Å². The number of hydrogen-bond acceptors (Lipinski definition) is 4. The molecule has 0 spiro atoms. The largest absolute Gasteiger partial charge is 0.456 e. The Labute approximate surface area is 107 Å². The summed E-state index contributed by atoms with van der Waals surface area (Å²) in [6.07, 6.45) is 1.24. The summed E-state index contributed by atoms with van der Waals surface area (Å²) < 4.78 is 28.2. The highest BCUT2D eigenvalue weighted by atomic mass is 32.2. The third-order valence-corrected chi connectivity index (χ3v) is 5.05. The molecule has 0 unspecified atom stereocenters. The molecule has 1 aromatic rings. The Morgan fingerprint density at radius 2 is 2.22 bits per heavy atom. The van der Waals surface area contributed by atoms with E-state index in [1.165, 1.54) is 4.90 Å². The number of rotatable bonds is 3. The fraction of sp³-hybridized carbons (Fsp3) is 0.583. The first-order valence-corrected chi connectivity index (χ1v) is 7.81. The Bertz CT molecular complexity index is 546. The smallest absolute Gasteiger partial charge is 0.289 e. The second-order valence-electron chi connectivity index (χ2n) is 4.59. The number of amides is 1. The zero-order valence-corrected chi connectivity index (χ0v) is 11.4. The van der Waals surface area contributed by atoms with Crippen LogP contribution in [0.5, 0.6) is 0 Å². The summed E-state index contributed by atoms with van der Waals surface area (Å²) in [5, 5.41) is 0. The number of carbonyl (C=O) groups excluding carboxylic acids is 1. The Hall–Kier alpha value is -1.30. The van der Waals surface area contributed by atoms with Gasteiger partial charge in [-0.3, -0.25) is 4.79 Å². The van der Waals surface area contributed by atoms with Crippen LogP contribution in [0, 0.1) is 0 Å². The van der Waals surface area contributed by atoms with Gasteiger partial charge in [-0.15, -0.1) is 0 Å². The first-order chi connectivity index (χ1) is 8.43. The molecule has 100 valence electrons. The number of furan rings is 1. The first-order valence-electron chi connectivity index (χ1n) is 5.99. The number of carbonyl (C=O) groups is 1. The van der Waals surface area contributed by atoms with Crippen molar-refractivity contribution in [2.45, 2.75) is 25.8 Å². The molecule has 1 fully saturated rings. The lowest BCUT2D eigenvalue weighted by molar-refractivity contribution is 0.0714. The van der Waals surface area contributed by atoms with Crippen molar-refractivity contribution in [1.29, 1.82) is 0 Å². The molecule has 1 aromatic heterocycles. The molecule has 0 N–H and O–H groups in total. The third kappa shape index (κ3) is 2.58.